The van der Waals surface area contributed by atoms with Crippen LogP contribution >= 0.6 is 0 Å². The predicted octanol–water partition coefficient (Wildman–Crippen LogP) is 0.701. The van der Waals surface area contributed by atoms with Crippen LogP contribution in [0.3, 0.4) is 0 Å². The van der Waals surface area contributed by atoms with Crippen molar-refractivity contribution in [2.75, 3.05) is 0 Å². The number of hydrogen-bond donors (Lipinski definition) is 0. The van der Waals surface area contributed by atoms with Crippen LogP contribution < -0.4 is 0 Å². The summed E-state index contributed by atoms with van der Waals surface area (Å²) in [6.45, 7) is 0. The monoisotopic (exact) mass is 230 g/mol. The van der Waals surface area contributed by atoms with Crippen molar-refractivity contribution in [3.8, 4) is 0 Å². The van der Waals surface area contributed by atoms with Gasteiger partial charge < -0.3 is 0 Å². The number of hydrogen-bond acceptors (Lipinski definition) is 2. The second-order valence-electron chi connectivity index (χ2n) is 1.88. The van der Waals surface area contributed by atoms with E-state index in [1.165, 1.54) is 0 Å². The molecular formula is C5H8O2Te. The Morgan fingerprint density at radius 3 is 2.50 bits per heavy atom. The molecule has 0 bridgehead atoms. The minimum atomic E-state index is -2.34. The molecule has 8 heavy (non-hydrogen) atoms. The molecule has 0 N–H and O–H groups in total. The summed E-state index contributed by atoms with van der Waals surface area (Å²) in [5.74, 6) is 0. The van der Waals surface area contributed by atoms with Crippen molar-refractivity contribution in [3.63, 3.8) is 0 Å². The van der Waals surface area contributed by atoms with E-state index in [2.05, 4.69) is 0 Å². The molecule has 1 rings (SSSR count). The Morgan fingerprint density at radius 1 is 1.38 bits per heavy atom. The summed E-state index contributed by atoms with van der Waals surface area (Å²) < 4.78 is 11.5. The Hall–Kier alpha value is 0.260. The first-order valence-corrected chi connectivity index (χ1v) is 6.48. The van der Waals surface area contributed by atoms with Crippen LogP contribution in [0.25, 0.3) is 0 Å². The third-order valence-corrected chi connectivity index (χ3v) is 5.13. The van der Waals surface area contributed by atoms with Crippen LogP contribution in [-0.2, 0) is 7.90 Å². The molecule has 1 heterocycles. The van der Waals surface area contributed by atoms with Crippen LogP contribution in [0.15, 0.2) is 0 Å². The Bertz CT molecular complexity index is 114. The maximum atomic E-state index is 10.7. The molecule has 1 aliphatic heterocycles. The second kappa shape index (κ2) is 2.70. The van der Waals surface area contributed by atoms with E-state index < -0.39 is 19.5 Å². The Balaban J connectivity index is 2.52. The van der Waals surface area contributed by atoms with E-state index in [0.29, 0.717) is 6.42 Å². The van der Waals surface area contributed by atoms with Crippen molar-refractivity contribution in [2.24, 2.45) is 0 Å². The molecule has 0 saturated carbocycles. The van der Waals surface area contributed by atoms with Crippen LogP contribution in [0.5, 0.6) is 0 Å². The average Bonchev–Trinajstić information content (AvgIpc) is 1.77. The van der Waals surface area contributed by atoms with Gasteiger partial charge in [-0.2, -0.15) is 0 Å². The van der Waals surface area contributed by atoms with E-state index in [4.69, 9.17) is 0 Å². The van der Waals surface area contributed by atoms with Gasteiger partial charge in [0.2, 0.25) is 0 Å². The summed E-state index contributed by atoms with van der Waals surface area (Å²) in [4.78, 5) is 10.6. The standard InChI is InChI=1S/C5H8O2Te/c6-5-3-1-2-4-8(5)7/h1-4H2. The summed E-state index contributed by atoms with van der Waals surface area (Å²) in [7, 11) is 0. The molecule has 0 unspecified atom stereocenters. The van der Waals surface area contributed by atoms with E-state index >= 15 is 0 Å². The zero-order valence-corrected chi connectivity index (χ0v) is 6.88. The molecule has 0 aromatic carbocycles. The molecule has 3 heteroatoms. The van der Waals surface area contributed by atoms with E-state index in [0.717, 1.165) is 17.3 Å². The van der Waals surface area contributed by atoms with Gasteiger partial charge in [-0.15, -0.1) is 0 Å². The molecule has 0 aromatic heterocycles. The quantitative estimate of drug-likeness (QED) is 0.571. The molecule has 0 amide bonds. The van der Waals surface area contributed by atoms with Crippen LogP contribution in [0, 0.1) is 0 Å². The van der Waals surface area contributed by atoms with Gasteiger partial charge in [0.05, 0.1) is 0 Å². The molecule has 0 spiro atoms. The number of carbonyl (C=O) groups excluding carboxylic acids is 1. The maximum absolute atomic E-state index is 10.7. The molecule has 0 radical (unpaired) electrons. The van der Waals surface area contributed by atoms with Crippen molar-refractivity contribution < 1.29 is 7.90 Å². The summed E-state index contributed by atoms with van der Waals surface area (Å²) >= 11 is -2.34. The summed E-state index contributed by atoms with van der Waals surface area (Å²) in [5, 5.41) is 0. The topological polar surface area (TPSA) is 34.1 Å². The number of carbonyl (C=O) groups is 1. The summed E-state index contributed by atoms with van der Waals surface area (Å²) in [6, 6.07) is 0. The molecule has 1 aliphatic rings. The van der Waals surface area contributed by atoms with Crippen LogP contribution in [0.4, 0.5) is 0 Å². The van der Waals surface area contributed by atoms with Crippen LogP contribution in [0.1, 0.15) is 19.3 Å². The molecule has 46 valence electrons. The fourth-order valence-corrected chi connectivity index (χ4v) is 3.77. The van der Waals surface area contributed by atoms with Crippen molar-refractivity contribution >= 4 is 23.4 Å². The van der Waals surface area contributed by atoms with Gasteiger partial charge in [-0.3, -0.25) is 0 Å². The summed E-state index contributed by atoms with van der Waals surface area (Å²) in [5.41, 5.74) is 0. The molecule has 1 saturated heterocycles. The van der Waals surface area contributed by atoms with Gasteiger partial charge in [-0.05, 0) is 0 Å². The SMILES string of the molecule is O=C1CCCC[Te]1=O. The Labute approximate surface area is 55.3 Å². The second-order valence-corrected chi connectivity index (χ2v) is 6.32. The fraction of sp³-hybridized carbons (Fsp3) is 0.800. The third-order valence-electron chi connectivity index (χ3n) is 1.21. The van der Waals surface area contributed by atoms with Crippen molar-refractivity contribution in [3.05, 3.63) is 0 Å². The molecular weight excluding hydrogens is 220 g/mol. The first-order valence-electron chi connectivity index (χ1n) is 2.72. The molecule has 1 fully saturated rings. The van der Waals surface area contributed by atoms with Crippen LogP contribution in [0.2, 0.25) is 4.47 Å². The van der Waals surface area contributed by atoms with E-state index in [-0.39, 0.29) is 3.83 Å². The van der Waals surface area contributed by atoms with Gasteiger partial charge in [0, 0.05) is 0 Å². The Morgan fingerprint density at radius 2 is 2.12 bits per heavy atom. The summed E-state index contributed by atoms with van der Waals surface area (Å²) in [6.07, 6.45) is 2.59. The first-order chi connectivity index (χ1) is 3.80. The Kier molecular flexibility index (Phi) is 2.16. The van der Waals surface area contributed by atoms with Gasteiger partial charge >= 0.3 is 55.0 Å². The minimum absolute atomic E-state index is 0.0832. The predicted molar refractivity (Wildman–Crippen MR) is 30.1 cm³/mol. The van der Waals surface area contributed by atoms with Gasteiger partial charge in [0.1, 0.15) is 0 Å². The third kappa shape index (κ3) is 1.37. The first kappa shape index (κ1) is 6.38. The van der Waals surface area contributed by atoms with E-state index in [1.54, 1.807) is 0 Å². The normalized spacial score (nSPS) is 23.8. The zero-order chi connectivity index (χ0) is 5.98. The van der Waals surface area contributed by atoms with Crippen molar-refractivity contribution in [1.82, 2.24) is 0 Å². The van der Waals surface area contributed by atoms with Crippen molar-refractivity contribution in [1.29, 1.82) is 0 Å². The van der Waals surface area contributed by atoms with Gasteiger partial charge in [-0.1, -0.05) is 0 Å². The molecule has 2 nitrogen and oxygen atoms in total. The zero-order valence-electron chi connectivity index (χ0n) is 4.55. The molecule has 0 aliphatic carbocycles. The van der Waals surface area contributed by atoms with E-state index in [1.807, 2.05) is 0 Å². The molecule has 0 atom stereocenters. The molecule has 0 aromatic rings. The van der Waals surface area contributed by atoms with Crippen molar-refractivity contribution in [2.45, 2.75) is 23.7 Å². The average molecular weight is 228 g/mol. The van der Waals surface area contributed by atoms with E-state index in [9.17, 15) is 7.90 Å². The van der Waals surface area contributed by atoms with Gasteiger partial charge in [-0.25, -0.2) is 0 Å². The van der Waals surface area contributed by atoms with Gasteiger partial charge in [0.25, 0.3) is 0 Å². The number of rotatable bonds is 0. The van der Waals surface area contributed by atoms with Crippen LogP contribution in [-0.4, -0.2) is 23.4 Å². The fourth-order valence-electron chi connectivity index (χ4n) is 0.730. The van der Waals surface area contributed by atoms with Gasteiger partial charge in [0.15, 0.2) is 0 Å².